The smallest absolute Gasteiger partial charge is 0.256 e. The molecule has 0 spiro atoms. The summed E-state index contributed by atoms with van der Waals surface area (Å²) in [5.41, 5.74) is 1.38. The van der Waals surface area contributed by atoms with Gasteiger partial charge in [-0.25, -0.2) is 0 Å². The van der Waals surface area contributed by atoms with E-state index in [-0.39, 0.29) is 17.9 Å². The second-order valence-electron chi connectivity index (χ2n) is 8.26. The molecule has 1 aliphatic heterocycles. The Morgan fingerprint density at radius 3 is 2.67 bits per heavy atom. The topological polar surface area (TPSA) is 62.7 Å². The molecule has 0 radical (unpaired) electrons. The summed E-state index contributed by atoms with van der Waals surface area (Å²) in [6.45, 7) is 1.34. The average Bonchev–Trinajstić information content (AvgIpc) is 3.16. The third kappa shape index (κ3) is 3.64. The van der Waals surface area contributed by atoms with Crippen molar-refractivity contribution < 1.29 is 14.6 Å². The molecule has 1 amide bonds. The van der Waals surface area contributed by atoms with E-state index in [1.54, 1.807) is 18.3 Å². The van der Waals surface area contributed by atoms with Gasteiger partial charge in [0.15, 0.2) is 0 Å². The Morgan fingerprint density at radius 2 is 1.83 bits per heavy atom. The van der Waals surface area contributed by atoms with Gasteiger partial charge in [-0.1, -0.05) is 35.9 Å². The van der Waals surface area contributed by atoms with Crippen LogP contribution in [0.5, 0.6) is 5.75 Å². The molecule has 154 valence electrons. The van der Waals surface area contributed by atoms with E-state index in [0.29, 0.717) is 41.8 Å². The van der Waals surface area contributed by atoms with E-state index in [4.69, 9.17) is 16.3 Å². The van der Waals surface area contributed by atoms with Crippen LogP contribution in [0, 0.1) is 11.8 Å². The van der Waals surface area contributed by atoms with Crippen molar-refractivity contribution >= 4 is 28.4 Å². The first kappa shape index (κ1) is 19.3. The number of halogens is 1. The van der Waals surface area contributed by atoms with Crippen LogP contribution in [-0.4, -0.2) is 46.2 Å². The molecule has 1 aromatic heterocycles. The fraction of sp³-hybridized carbons (Fsp3) is 0.333. The van der Waals surface area contributed by atoms with Crippen LogP contribution < -0.4 is 4.74 Å². The highest BCUT2D eigenvalue weighted by molar-refractivity contribution is 6.30. The van der Waals surface area contributed by atoms with Crippen LogP contribution in [0.1, 0.15) is 23.2 Å². The lowest BCUT2D eigenvalue weighted by atomic mass is 9.78. The molecule has 2 aliphatic rings. The normalized spacial score (nSPS) is 25.9. The van der Waals surface area contributed by atoms with Gasteiger partial charge >= 0.3 is 0 Å². The summed E-state index contributed by atoms with van der Waals surface area (Å²) in [5, 5.41) is 12.2. The van der Waals surface area contributed by atoms with Crippen molar-refractivity contribution in [3.05, 3.63) is 71.4 Å². The summed E-state index contributed by atoms with van der Waals surface area (Å²) in [6.07, 6.45) is 2.22. The number of para-hydroxylation sites is 1. The first-order chi connectivity index (χ1) is 14.6. The lowest BCUT2D eigenvalue weighted by Gasteiger charge is -2.35. The van der Waals surface area contributed by atoms with Crippen molar-refractivity contribution in [1.29, 1.82) is 0 Å². The van der Waals surface area contributed by atoms with Crippen LogP contribution in [0.4, 0.5) is 0 Å². The van der Waals surface area contributed by atoms with Crippen LogP contribution in [0.15, 0.2) is 60.8 Å². The van der Waals surface area contributed by atoms with Crippen molar-refractivity contribution in [3.8, 4) is 5.75 Å². The highest BCUT2D eigenvalue weighted by Crippen LogP contribution is 2.39. The van der Waals surface area contributed by atoms with Gasteiger partial charge < -0.3 is 14.7 Å². The predicted molar refractivity (Wildman–Crippen MR) is 116 cm³/mol. The minimum atomic E-state index is -0.556. The molecule has 1 N–H and O–H groups in total. The van der Waals surface area contributed by atoms with Gasteiger partial charge in [-0.15, -0.1) is 0 Å². The zero-order valence-electron chi connectivity index (χ0n) is 16.4. The van der Waals surface area contributed by atoms with E-state index in [2.05, 4.69) is 4.98 Å². The Labute approximate surface area is 180 Å². The van der Waals surface area contributed by atoms with Crippen molar-refractivity contribution in [3.63, 3.8) is 0 Å². The van der Waals surface area contributed by atoms with E-state index < -0.39 is 6.10 Å². The molecular formula is C24H23ClN2O3. The van der Waals surface area contributed by atoms with Gasteiger partial charge in [-0.2, -0.15) is 0 Å². The van der Waals surface area contributed by atoms with Gasteiger partial charge in [0.25, 0.3) is 5.91 Å². The van der Waals surface area contributed by atoms with Gasteiger partial charge in [0.05, 0.1) is 17.2 Å². The first-order valence-electron chi connectivity index (χ1n) is 10.3. The molecule has 5 nitrogen and oxygen atoms in total. The number of hydrogen-bond donors (Lipinski definition) is 1. The Kier molecular flexibility index (Phi) is 5.09. The van der Waals surface area contributed by atoms with Crippen molar-refractivity contribution in [2.75, 3.05) is 13.1 Å². The molecular weight excluding hydrogens is 400 g/mol. The zero-order valence-corrected chi connectivity index (χ0v) is 17.2. The van der Waals surface area contributed by atoms with Crippen molar-refractivity contribution in [1.82, 2.24) is 9.88 Å². The Bertz CT molecular complexity index is 1080. The number of likely N-dealkylation sites (tertiary alicyclic amines) is 1. The van der Waals surface area contributed by atoms with Gasteiger partial charge in [0, 0.05) is 29.7 Å². The monoisotopic (exact) mass is 422 g/mol. The summed E-state index contributed by atoms with van der Waals surface area (Å²) in [5.74, 6) is 1.27. The third-order valence-corrected chi connectivity index (χ3v) is 6.55. The number of nitrogens with zero attached hydrogens (tertiary/aromatic N) is 2. The van der Waals surface area contributed by atoms with Crippen LogP contribution in [0.2, 0.25) is 5.02 Å². The quantitative estimate of drug-likeness (QED) is 0.687. The highest BCUT2D eigenvalue weighted by atomic mass is 35.5. The Morgan fingerprint density at radius 1 is 1.07 bits per heavy atom. The number of carbonyl (C=O) groups is 1. The number of carbonyl (C=O) groups excluding carboxylic acids is 1. The van der Waals surface area contributed by atoms with Crippen LogP contribution in [0.25, 0.3) is 10.9 Å². The van der Waals surface area contributed by atoms with E-state index in [1.165, 1.54) is 0 Å². The molecule has 1 saturated carbocycles. The molecule has 30 heavy (non-hydrogen) atoms. The number of hydrogen-bond acceptors (Lipinski definition) is 4. The molecule has 3 aromatic rings. The van der Waals surface area contributed by atoms with Gasteiger partial charge in [-0.3, -0.25) is 9.78 Å². The fourth-order valence-electron chi connectivity index (χ4n) is 4.84. The minimum Gasteiger partial charge on any atom is -0.488 e. The standard InChI is InChI=1S/C24H23ClN2O3/c25-18-6-2-7-19(12-18)30-22-11-17-14-27(13-16(17)10-21(22)28)24(29)20-8-1-4-15-5-3-9-26-23(15)20/h1-9,12,16-17,21-22,28H,10-11,13-14H2/t16-,17+,21+,22+/m0/s1. The van der Waals surface area contributed by atoms with E-state index >= 15 is 0 Å². The maximum Gasteiger partial charge on any atom is 0.256 e. The maximum absolute atomic E-state index is 13.3. The molecule has 6 heteroatoms. The number of pyridine rings is 1. The molecule has 2 heterocycles. The number of aromatic nitrogens is 1. The van der Waals surface area contributed by atoms with E-state index in [1.807, 2.05) is 47.4 Å². The van der Waals surface area contributed by atoms with Gasteiger partial charge in [0.1, 0.15) is 11.9 Å². The number of fused-ring (bicyclic) bond motifs is 2. The first-order valence-corrected chi connectivity index (χ1v) is 10.7. The number of benzene rings is 2. The van der Waals surface area contributed by atoms with E-state index in [9.17, 15) is 9.90 Å². The largest absolute Gasteiger partial charge is 0.488 e. The lowest BCUT2D eigenvalue weighted by Crippen LogP contribution is -2.42. The molecule has 1 saturated heterocycles. The summed E-state index contributed by atoms with van der Waals surface area (Å²) in [7, 11) is 0. The van der Waals surface area contributed by atoms with E-state index in [0.717, 1.165) is 17.3 Å². The molecule has 1 aliphatic carbocycles. The third-order valence-electron chi connectivity index (χ3n) is 6.32. The average molecular weight is 423 g/mol. The highest BCUT2D eigenvalue weighted by Gasteiger charge is 2.44. The molecule has 4 atom stereocenters. The summed E-state index contributed by atoms with van der Waals surface area (Å²) in [6, 6.07) is 16.8. The summed E-state index contributed by atoms with van der Waals surface area (Å²) >= 11 is 6.05. The Balaban J connectivity index is 1.31. The minimum absolute atomic E-state index is 0.00972. The number of rotatable bonds is 3. The molecule has 2 aromatic carbocycles. The Hall–Kier alpha value is -2.63. The molecule has 2 fully saturated rings. The zero-order chi connectivity index (χ0) is 20.7. The fourth-order valence-corrected chi connectivity index (χ4v) is 5.03. The number of amides is 1. The summed E-state index contributed by atoms with van der Waals surface area (Å²) < 4.78 is 6.05. The SMILES string of the molecule is O=C(c1cccc2cccnc12)N1C[C@H]2C[C@@H](Oc3cccc(Cl)c3)[C@H](O)C[C@H]2C1. The van der Waals surface area contributed by atoms with Gasteiger partial charge in [-0.05, 0) is 55.0 Å². The number of aliphatic hydroxyl groups excluding tert-OH is 1. The maximum atomic E-state index is 13.3. The van der Waals surface area contributed by atoms with Crippen molar-refractivity contribution in [2.45, 2.75) is 25.0 Å². The number of ether oxygens (including phenoxy) is 1. The van der Waals surface area contributed by atoms with Gasteiger partial charge in [0.2, 0.25) is 0 Å². The second kappa shape index (κ2) is 7.89. The van der Waals surface area contributed by atoms with Crippen LogP contribution >= 0.6 is 11.6 Å². The van der Waals surface area contributed by atoms with Crippen molar-refractivity contribution in [2.24, 2.45) is 11.8 Å². The predicted octanol–water partition coefficient (Wildman–Crippen LogP) is 4.18. The molecule has 0 unspecified atom stereocenters. The van der Waals surface area contributed by atoms with Crippen LogP contribution in [-0.2, 0) is 0 Å². The second-order valence-corrected chi connectivity index (χ2v) is 8.70. The summed E-state index contributed by atoms with van der Waals surface area (Å²) in [4.78, 5) is 19.6. The lowest BCUT2D eigenvalue weighted by molar-refractivity contribution is -0.0231. The molecule has 5 rings (SSSR count). The molecule has 0 bridgehead atoms. The number of aliphatic hydroxyl groups is 1. The van der Waals surface area contributed by atoms with Crippen LogP contribution in [0.3, 0.4) is 0 Å².